The molecule has 3 atom stereocenters. The number of hydrogen-bond donors (Lipinski definition) is 1. The number of piperidine rings is 1. The Balaban J connectivity index is 2.56. The molecule has 0 aromatic carbocycles. The van der Waals surface area contributed by atoms with Gasteiger partial charge in [0.15, 0.2) is 0 Å². The average molecular weight is 270 g/mol. The van der Waals surface area contributed by atoms with Gasteiger partial charge in [-0.15, -0.1) is 0 Å². The first kappa shape index (κ1) is 16.4. The summed E-state index contributed by atoms with van der Waals surface area (Å²) in [6, 6.07) is 0.245. The summed E-state index contributed by atoms with van der Waals surface area (Å²) in [5, 5.41) is 3.47. The molecule has 4 heteroatoms. The number of carbonyl (C=O) groups excluding carboxylic acids is 1. The SMILES string of the molecule is CCCN(CC1CCCNC1)C(C)C(C)C(=O)OC. The van der Waals surface area contributed by atoms with Crippen molar-refractivity contribution in [1.82, 2.24) is 10.2 Å². The van der Waals surface area contributed by atoms with E-state index in [1.165, 1.54) is 20.0 Å². The quantitative estimate of drug-likeness (QED) is 0.717. The summed E-state index contributed by atoms with van der Waals surface area (Å²) in [6.45, 7) is 10.7. The predicted octanol–water partition coefficient (Wildman–Crippen LogP) is 1.90. The van der Waals surface area contributed by atoms with Crippen LogP contribution in [0.5, 0.6) is 0 Å². The second kappa shape index (κ2) is 8.54. The third-order valence-corrected chi connectivity index (χ3v) is 4.28. The molecule has 1 aliphatic heterocycles. The number of methoxy groups -OCH3 is 1. The van der Waals surface area contributed by atoms with E-state index >= 15 is 0 Å². The van der Waals surface area contributed by atoms with Crippen LogP contribution in [0.4, 0.5) is 0 Å². The topological polar surface area (TPSA) is 41.6 Å². The van der Waals surface area contributed by atoms with E-state index in [1.54, 1.807) is 0 Å². The van der Waals surface area contributed by atoms with Gasteiger partial charge >= 0.3 is 5.97 Å². The summed E-state index contributed by atoms with van der Waals surface area (Å²) in [5.41, 5.74) is 0. The Morgan fingerprint density at radius 3 is 2.74 bits per heavy atom. The van der Waals surface area contributed by atoms with Crippen LogP contribution in [0.25, 0.3) is 0 Å². The fourth-order valence-corrected chi connectivity index (χ4v) is 2.86. The minimum absolute atomic E-state index is 0.0619. The van der Waals surface area contributed by atoms with Crippen molar-refractivity contribution in [3.05, 3.63) is 0 Å². The molecule has 0 spiro atoms. The Labute approximate surface area is 117 Å². The smallest absolute Gasteiger partial charge is 0.309 e. The van der Waals surface area contributed by atoms with E-state index in [0.717, 1.165) is 32.6 Å². The van der Waals surface area contributed by atoms with Gasteiger partial charge in [0.25, 0.3) is 0 Å². The van der Waals surface area contributed by atoms with Crippen LogP contribution in [0, 0.1) is 11.8 Å². The zero-order valence-electron chi connectivity index (χ0n) is 12.9. The Kier molecular flexibility index (Phi) is 7.39. The van der Waals surface area contributed by atoms with Crippen molar-refractivity contribution < 1.29 is 9.53 Å². The molecule has 3 unspecified atom stereocenters. The molecule has 0 aromatic heterocycles. The Bertz CT molecular complexity index is 265. The zero-order valence-corrected chi connectivity index (χ0v) is 12.9. The lowest BCUT2D eigenvalue weighted by molar-refractivity contribution is -0.147. The number of ether oxygens (including phenoxy) is 1. The van der Waals surface area contributed by atoms with Gasteiger partial charge in [0, 0.05) is 12.6 Å². The molecule has 1 heterocycles. The lowest BCUT2D eigenvalue weighted by atomic mass is 9.96. The molecule has 0 bridgehead atoms. The molecule has 0 saturated carbocycles. The summed E-state index contributed by atoms with van der Waals surface area (Å²) in [4.78, 5) is 14.2. The van der Waals surface area contributed by atoms with E-state index in [-0.39, 0.29) is 17.9 Å². The molecule has 4 nitrogen and oxygen atoms in total. The largest absolute Gasteiger partial charge is 0.469 e. The van der Waals surface area contributed by atoms with Crippen LogP contribution in [-0.2, 0) is 9.53 Å². The maximum atomic E-state index is 11.7. The van der Waals surface area contributed by atoms with Crippen LogP contribution >= 0.6 is 0 Å². The minimum Gasteiger partial charge on any atom is -0.469 e. The van der Waals surface area contributed by atoms with Crippen LogP contribution < -0.4 is 5.32 Å². The highest BCUT2D eigenvalue weighted by Gasteiger charge is 2.27. The molecule has 1 fully saturated rings. The fourth-order valence-electron chi connectivity index (χ4n) is 2.86. The lowest BCUT2D eigenvalue weighted by Gasteiger charge is -2.36. The van der Waals surface area contributed by atoms with Crippen molar-refractivity contribution in [3.63, 3.8) is 0 Å². The Morgan fingerprint density at radius 2 is 2.21 bits per heavy atom. The highest BCUT2D eigenvalue weighted by molar-refractivity contribution is 5.72. The van der Waals surface area contributed by atoms with Gasteiger partial charge in [0.1, 0.15) is 0 Å². The van der Waals surface area contributed by atoms with Gasteiger partial charge in [-0.1, -0.05) is 13.8 Å². The second-order valence-electron chi connectivity index (χ2n) is 5.76. The first-order chi connectivity index (χ1) is 9.10. The monoisotopic (exact) mass is 270 g/mol. The standard InChI is InChI=1S/C15H30N2O2/c1-5-9-17(11-14-7-6-8-16-10-14)13(3)12(2)15(18)19-4/h12-14,16H,5-11H2,1-4H3. The van der Waals surface area contributed by atoms with Gasteiger partial charge in [0.05, 0.1) is 13.0 Å². The molecule has 0 aliphatic carbocycles. The summed E-state index contributed by atoms with van der Waals surface area (Å²) in [7, 11) is 1.47. The van der Waals surface area contributed by atoms with Crippen LogP contribution in [0.15, 0.2) is 0 Å². The first-order valence-corrected chi connectivity index (χ1v) is 7.62. The highest BCUT2D eigenvalue weighted by Crippen LogP contribution is 2.18. The van der Waals surface area contributed by atoms with Gasteiger partial charge in [0.2, 0.25) is 0 Å². The molecule has 0 aromatic rings. The number of esters is 1. The van der Waals surface area contributed by atoms with Crippen molar-refractivity contribution in [1.29, 1.82) is 0 Å². The molecule has 1 N–H and O–H groups in total. The van der Waals surface area contributed by atoms with Crippen LogP contribution in [0.1, 0.15) is 40.0 Å². The molecule has 1 aliphatic rings. The Hall–Kier alpha value is -0.610. The normalized spacial score (nSPS) is 23.1. The first-order valence-electron chi connectivity index (χ1n) is 7.62. The molecule has 1 rings (SSSR count). The maximum Gasteiger partial charge on any atom is 0.309 e. The van der Waals surface area contributed by atoms with Crippen LogP contribution in [-0.4, -0.2) is 50.2 Å². The molecule has 1 saturated heterocycles. The van der Waals surface area contributed by atoms with Crippen LogP contribution in [0.2, 0.25) is 0 Å². The molecular formula is C15H30N2O2. The summed E-state index contributed by atoms with van der Waals surface area (Å²) in [5.74, 6) is 0.552. The molecule has 19 heavy (non-hydrogen) atoms. The maximum absolute atomic E-state index is 11.7. The van der Waals surface area contributed by atoms with Gasteiger partial charge in [-0.2, -0.15) is 0 Å². The van der Waals surface area contributed by atoms with Crippen molar-refractivity contribution in [2.75, 3.05) is 33.3 Å². The van der Waals surface area contributed by atoms with E-state index in [0.29, 0.717) is 5.92 Å². The van der Waals surface area contributed by atoms with Gasteiger partial charge in [-0.25, -0.2) is 0 Å². The third-order valence-electron chi connectivity index (χ3n) is 4.28. The van der Waals surface area contributed by atoms with Gasteiger partial charge in [-0.05, 0) is 51.7 Å². The molecule has 112 valence electrons. The Morgan fingerprint density at radius 1 is 1.47 bits per heavy atom. The number of nitrogens with one attached hydrogen (secondary N) is 1. The van der Waals surface area contributed by atoms with Gasteiger partial charge < -0.3 is 10.1 Å². The zero-order chi connectivity index (χ0) is 14.3. The van der Waals surface area contributed by atoms with E-state index in [9.17, 15) is 4.79 Å². The average Bonchev–Trinajstić information content (AvgIpc) is 2.45. The number of carbonyl (C=O) groups is 1. The van der Waals surface area contributed by atoms with Crippen LogP contribution in [0.3, 0.4) is 0 Å². The van der Waals surface area contributed by atoms with E-state index in [1.807, 2.05) is 6.92 Å². The molecule has 0 amide bonds. The predicted molar refractivity (Wildman–Crippen MR) is 78.1 cm³/mol. The summed E-state index contributed by atoms with van der Waals surface area (Å²) >= 11 is 0. The van der Waals surface area contributed by atoms with E-state index in [2.05, 4.69) is 24.1 Å². The van der Waals surface area contributed by atoms with Gasteiger partial charge in [-0.3, -0.25) is 9.69 Å². The van der Waals surface area contributed by atoms with Crippen molar-refractivity contribution in [2.45, 2.75) is 46.1 Å². The number of nitrogens with zero attached hydrogens (tertiary/aromatic N) is 1. The lowest BCUT2D eigenvalue weighted by Crippen LogP contribution is -2.46. The minimum atomic E-state index is -0.102. The molecule has 0 radical (unpaired) electrons. The van der Waals surface area contributed by atoms with Crippen molar-refractivity contribution in [2.24, 2.45) is 11.8 Å². The van der Waals surface area contributed by atoms with E-state index < -0.39 is 0 Å². The van der Waals surface area contributed by atoms with Crippen molar-refractivity contribution in [3.8, 4) is 0 Å². The fraction of sp³-hybridized carbons (Fsp3) is 0.933. The summed E-state index contributed by atoms with van der Waals surface area (Å²) in [6.07, 6.45) is 3.69. The highest BCUT2D eigenvalue weighted by atomic mass is 16.5. The number of hydrogen-bond acceptors (Lipinski definition) is 4. The van der Waals surface area contributed by atoms with Crippen molar-refractivity contribution >= 4 is 5.97 Å². The number of rotatable bonds is 7. The summed E-state index contributed by atoms with van der Waals surface area (Å²) < 4.78 is 4.87. The molecular weight excluding hydrogens is 240 g/mol. The second-order valence-corrected chi connectivity index (χ2v) is 5.76. The third kappa shape index (κ3) is 5.11. The van der Waals surface area contributed by atoms with E-state index in [4.69, 9.17) is 4.74 Å².